The highest BCUT2D eigenvalue weighted by atomic mass is 35.5. The lowest BCUT2D eigenvalue weighted by Crippen LogP contribution is -2.15. The van der Waals surface area contributed by atoms with Gasteiger partial charge in [-0.1, -0.05) is 29.8 Å². The summed E-state index contributed by atoms with van der Waals surface area (Å²) in [6, 6.07) is 8.36. The van der Waals surface area contributed by atoms with Gasteiger partial charge in [-0.25, -0.2) is 4.39 Å². The molecule has 0 unspecified atom stereocenters. The lowest BCUT2D eigenvalue weighted by Gasteiger charge is -2.15. The highest BCUT2D eigenvalue weighted by Crippen LogP contribution is 2.33. The first-order chi connectivity index (χ1) is 9.29. The summed E-state index contributed by atoms with van der Waals surface area (Å²) in [5.74, 6) is -1.32. The van der Waals surface area contributed by atoms with Gasteiger partial charge in [0.25, 0.3) is 0 Å². The molecule has 0 saturated heterocycles. The minimum Gasteiger partial charge on any atom is -0.320 e. The molecule has 2 aromatic rings. The maximum atomic E-state index is 13.2. The minimum atomic E-state index is -4.75. The highest BCUT2D eigenvalue weighted by molar-refractivity contribution is 6.30. The van der Waals surface area contributed by atoms with Crippen LogP contribution in [0.3, 0.4) is 0 Å². The second-order valence-electron chi connectivity index (χ2n) is 4.27. The minimum absolute atomic E-state index is 0. The van der Waals surface area contributed by atoms with Crippen LogP contribution in [-0.4, -0.2) is 0 Å². The molecule has 1 atom stereocenters. The standard InChI is InChI=1S/C14H10ClF4N.ClH/c15-10-4-1-8(2-5-10)13(20)9-3-6-12(16)11(7-9)14(17,18)19;/h1-7,13H,20H2;1H/t13-;/m0./s1. The van der Waals surface area contributed by atoms with E-state index in [0.717, 1.165) is 12.1 Å². The molecule has 0 saturated carbocycles. The Balaban J connectivity index is 0.00000220. The number of halogens is 6. The first-order valence-electron chi connectivity index (χ1n) is 5.66. The maximum absolute atomic E-state index is 13.2. The second kappa shape index (κ2) is 6.64. The third-order valence-corrected chi connectivity index (χ3v) is 3.14. The van der Waals surface area contributed by atoms with E-state index in [-0.39, 0.29) is 18.0 Å². The van der Waals surface area contributed by atoms with Gasteiger partial charge in [0.1, 0.15) is 5.82 Å². The van der Waals surface area contributed by atoms with E-state index in [1.54, 1.807) is 24.3 Å². The molecule has 0 spiro atoms. The molecule has 2 rings (SSSR count). The van der Waals surface area contributed by atoms with Crippen molar-refractivity contribution in [3.63, 3.8) is 0 Å². The van der Waals surface area contributed by atoms with Crippen LogP contribution in [0.4, 0.5) is 17.6 Å². The Labute approximate surface area is 130 Å². The van der Waals surface area contributed by atoms with E-state index in [2.05, 4.69) is 0 Å². The molecule has 0 fully saturated rings. The van der Waals surface area contributed by atoms with Crippen LogP contribution in [0.25, 0.3) is 0 Å². The lowest BCUT2D eigenvalue weighted by atomic mass is 9.97. The Morgan fingerprint density at radius 3 is 2.00 bits per heavy atom. The zero-order valence-corrected chi connectivity index (χ0v) is 12.1. The molecule has 0 aromatic heterocycles. The molecule has 0 aliphatic heterocycles. The van der Waals surface area contributed by atoms with Crippen LogP contribution in [0.2, 0.25) is 5.02 Å². The van der Waals surface area contributed by atoms with Gasteiger partial charge in [-0.05, 0) is 35.4 Å². The van der Waals surface area contributed by atoms with Crippen LogP contribution >= 0.6 is 24.0 Å². The van der Waals surface area contributed by atoms with E-state index < -0.39 is 23.6 Å². The number of rotatable bonds is 2. The van der Waals surface area contributed by atoms with Gasteiger partial charge in [-0.15, -0.1) is 12.4 Å². The lowest BCUT2D eigenvalue weighted by molar-refractivity contribution is -0.140. The smallest absolute Gasteiger partial charge is 0.320 e. The Hall–Kier alpha value is -1.30. The van der Waals surface area contributed by atoms with Gasteiger partial charge < -0.3 is 5.73 Å². The van der Waals surface area contributed by atoms with Gasteiger partial charge in [-0.3, -0.25) is 0 Å². The van der Waals surface area contributed by atoms with E-state index >= 15 is 0 Å². The number of alkyl halides is 3. The predicted octanol–water partition coefficient (Wildman–Crippen LogP) is 4.97. The molecule has 2 aromatic carbocycles. The van der Waals surface area contributed by atoms with Crippen molar-refractivity contribution in [2.45, 2.75) is 12.2 Å². The van der Waals surface area contributed by atoms with Gasteiger partial charge in [-0.2, -0.15) is 13.2 Å². The van der Waals surface area contributed by atoms with E-state index in [9.17, 15) is 17.6 Å². The topological polar surface area (TPSA) is 26.0 Å². The van der Waals surface area contributed by atoms with Gasteiger partial charge in [0.2, 0.25) is 0 Å². The number of hydrogen-bond donors (Lipinski definition) is 1. The Morgan fingerprint density at radius 2 is 1.48 bits per heavy atom. The number of hydrogen-bond acceptors (Lipinski definition) is 1. The SMILES string of the molecule is Cl.N[C@@H](c1ccc(Cl)cc1)c1ccc(F)c(C(F)(F)F)c1. The summed E-state index contributed by atoms with van der Waals surface area (Å²) in [6.07, 6.45) is -4.75. The first-order valence-corrected chi connectivity index (χ1v) is 6.04. The Bertz CT molecular complexity index is 611. The average Bonchev–Trinajstić information content (AvgIpc) is 2.38. The van der Waals surface area contributed by atoms with Crippen molar-refractivity contribution in [2.24, 2.45) is 5.73 Å². The number of nitrogens with two attached hydrogens (primary N) is 1. The van der Waals surface area contributed by atoms with Crippen LogP contribution in [0.5, 0.6) is 0 Å². The molecular formula is C14H11Cl2F4N. The fourth-order valence-electron chi connectivity index (χ4n) is 1.82. The Morgan fingerprint density at radius 1 is 0.952 bits per heavy atom. The summed E-state index contributed by atoms with van der Waals surface area (Å²) in [6.45, 7) is 0. The summed E-state index contributed by atoms with van der Waals surface area (Å²) in [4.78, 5) is 0. The van der Waals surface area contributed by atoms with Crippen molar-refractivity contribution >= 4 is 24.0 Å². The quantitative estimate of drug-likeness (QED) is 0.768. The van der Waals surface area contributed by atoms with E-state index in [4.69, 9.17) is 17.3 Å². The molecule has 0 amide bonds. The predicted molar refractivity (Wildman–Crippen MR) is 76.1 cm³/mol. The largest absolute Gasteiger partial charge is 0.419 e. The summed E-state index contributed by atoms with van der Waals surface area (Å²) in [7, 11) is 0. The van der Waals surface area contributed by atoms with Gasteiger partial charge in [0.05, 0.1) is 11.6 Å². The van der Waals surface area contributed by atoms with Crippen LogP contribution < -0.4 is 5.73 Å². The molecule has 0 heterocycles. The zero-order valence-electron chi connectivity index (χ0n) is 10.5. The average molecular weight is 340 g/mol. The van der Waals surface area contributed by atoms with Crippen LogP contribution in [-0.2, 0) is 6.18 Å². The molecule has 21 heavy (non-hydrogen) atoms. The van der Waals surface area contributed by atoms with Crippen molar-refractivity contribution in [1.29, 1.82) is 0 Å². The summed E-state index contributed by atoms with van der Waals surface area (Å²) >= 11 is 5.73. The van der Waals surface area contributed by atoms with Crippen LogP contribution in [0, 0.1) is 5.82 Å². The normalized spacial score (nSPS) is 12.7. The Kier molecular flexibility index (Phi) is 5.61. The molecule has 0 aliphatic rings. The monoisotopic (exact) mass is 339 g/mol. The number of benzene rings is 2. The fraction of sp³-hybridized carbons (Fsp3) is 0.143. The third kappa shape index (κ3) is 4.09. The molecule has 1 nitrogen and oxygen atoms in total. The second-order valence-corrected chi connectivity index (χ2v) is 4.70. The van der Waals surface area contributed by atoms with Crippen LogP contribution in [0.15, 0.2) is 42.5 Å². The van der Waals surface area contributed by atoms with Crippen molar-refractivity contribution in [2.75, 3.05) is 0 Å². The molecular weight excluding hydrogens is 329 g/mol. The van der Waals surface area contributed by atoms with Crippen molar-refractivity contribution < 1.29 is 17.6 Å². The van der Waals surface area contributed by atoms with Gasteiger partial charge in [0, 0.05) is 5.02 Å². The van der Waals surface area contributed by atoms with Gasteiger partial charge in [0.15, 0.2) is 0 Å². The van der Waals surface area contributed by atoms with Crippen molar-refractivity contribution in [3.8, 4) is 0 Å². The highest BCUT2D eigenvalue weighted by Gasteiger charge is 2.34. The maximum Gasteiger partial charge on any atom is 0.419 e. The molecule has 7 heteroatoms. The van der Waals surface area contributed by atoms with E-state index in [1.165, 1.54) is 6.07 Å². The molecule has 0 radical (unpaired) electrons. The molecule has 2 N–H and O–H groups in total. The summed E-state index contributed by atoms with van der Waals surface area (Å²) < 4.78 is 51.2. The molecule has 0 aliphatic carbocycles. The van der Waals surface area contributed by atoms with Crippen LogP contribution in [0.1, 0.15) is 22.7 Å². The molecule has 114 valence electrons. The van der Waals surface area contributed by atoms with E-state index in [0.29, 0.717) is 10.6 Å². The van der Waals surface area contributed by atoms with E-state index in [1.807, 2.05) is 0 Å². The molecule has 0 bridgehead atoms. The van der Waals surface area contributed by atoms with Crippen molar-refractivity contribution in [1.82, 2.24) is 0 Å². The summed E-state index contributed by atoms with van der Waals surface area (Å²) in [5.41, 5.74) is 5.35. The summed E-state index contributed by atoms with van der Waals surface area (Å²) in [5, 5.41) is 0.496. The first kappa shape index (κ1) is 17.8. The van der Waals surface area contributed by atoms with Gasteiger partial charge >= 0.3 is 6.18 Å². The fourth-order valence-corrected chi connectivity index (χ4v) is 1.94. The zero-order chi connectivity index (χ0) is 14.9. The van der Waals surface area contributed by atoms with Crippen molar-refractivity contribution in [3.05, 3.63) is 70.0 Å². The third-order valence-electron chi connectivity index (χ3n) is 2.88.